The van der Waals surface area contributed by atoms with E-state index in [0.717, 1.165) is 0 Å². The van der Waals surface area contributed by atoms with E-state index < -0.39 is 5.54 Å². The van der Waals surface area contributed by atoms with Gasteiger partial charge in [-0.2, -0.15) is 0 Å². The van der Waals surface area contributed by atoms with Crippen LogP contribution in [0.1, 0.15) is 27.2 Å². The predicted molar refractivity (Wildman–Crippen MR) is 56.4 cm³/mol. The van der Waals surface area contributed by atoms with Crippen LogP contribution in [0.25, 0.3) is 0 Å². The summed E-state index contributed by atoms with van der Waals surface area (Å²) in [5, 5.41) is 20.7. The van der Waals surface area contributed by atoms with Gasteiger partial charge in [0, 0.05) is 0 Å². The van der Waals surface area contributed by atoms with Crippen molar-refractivity contribution in [1.29, 1.82) is 0 Å². The molecule has 0 heterocycles. The quantitative estimate of drug-likeness (QED) is 0.547. The standard InChI is InChI=1S/C10H21NO4/c1-4-10(6-12,7-13)11-9(14)5-15-8(2)3/h8,12-13H,4-7H2,1-3H3,(H,11,14). The van der Waals surface area contributed by atoms with Crippen molar-refractivity contribution >= 4 is 5.91 Å². The van der Waals surface area contributed by atoms with Crippen molar-refractivity contribution in [3.05, 3.63) is 0 Å². The zero-order valence-electron chi connectivity index (χ0n) is 9.62. The van der Waals surface area contributed by atoms with Gasteiger partial charge in [0.15, 0.2) is 0 Å². The summed E-state index contributed by atoms with van der Waals surface area (Å²) in [6.45, 7) is 4.83. The first kappa shape index (κ1) is 14.3. The first-order chi connectivity index (χ1) is 6.99. The molecule has 0 unspecified atom stereocenters. The Hall–Kier alpha value is -0.650. The number of amides is 1. The molecule has 0 aromatic heterocycles. The van der Waals surface area contributed by atoms with Crippen molar-refractivity contribution in [3.8, 4) is 0 Å². The smallest absolute Gasteiger partial charge is 0.246 e. The fraction of sp³-hybridized carbons (Fsp3) is 0.900. The molecular weight excluding hydrogens is 198 g/mol. The molecular formula is C10H21NO4. The molecule has 0 spiro atoms. The molecule has 0 aromatic rings. The first-order valence-electron chi connectivity index (χ1n) is 5.14. The molecule has 0 aliphatic heterocycles. The molecule has 0 rings (SSSR count). The largest absolute Gasteiger partial charge is 0.394 e. The van der Waals surface area contributed by atoms with Crippen LogP contribution in [0.15, 0.2) is 0 Å². The number of rotatable bonds is 7. The molecule has 0 aliphatic carbocycles. The minimum absolute atomic E-state index is 0.0185. The molecule has 0 aliphatic rings. The summed E-state index contributed by atoms with van der Waals surface area (Å²) in [5.74, 6) is -0.325. The zero-order chi connectivity index (χ0) is 11.9. The van der Waals surface area contributed by atoms with Crippen molar-refractivity contribution in [1.82, 2.24) is 5.32 Å². The molecule has 0 radical (unpaired) electrons. The van der Waals surface area contributed by atoms with Gasteiger partial charge in [-0.25, -0.2) is 0 Å². The lowest BCUT2D eigenvalue weighted by atomic mass is 9.98. The monoisotopic (exact) mass is 219 g/mol. The number of carbonyl (C=O) groups is 1. The summed E-state index contributed by atoms with van der Waals surface area (Å²) in [6.07, 6.45) is 0.447. The minimum Gasteiger partial charge on any atom is -0.394 e. The van der Waals surface area contributed by atoms with Crippen LogP contribution >= 0.6 is 0 Å². The van der Waals surface area contributed by atoms with E-state index in [-0.39, 0.29) is 31.8 Å². The van der Waals surface area contributed by atoms with E-state index in [2.05, 4.69) is 5.32 Å². The van der Waals surface area contributed by atoms with Crippen LogP contribution in [0.2, 0.25) is 0 Å². The Bertz CT molecular complexity index is 182. The molecule has 15 heavy (non-hydrogen) atoms. The Morgan fingerprint density at radius 3 is 2.27 bits per heavy atom. The summed E-state index contributed by atoms with van der Waals surface area (Å²) in [7, 11) is 0. The van der Waals surface area contributed by atoms with Gasteiger partial charge in [-0.15, -0.1) is 0 Å². The molecule has 1 amide bonds. The topological polar surface area (TPSA) is 78.8 Å². The van der Waals surface area contributed by atoms with Gasteiger partial charge < -0.3 is 20.3 Å². The van der Waals surface area contributed by atoms with Gasteiger partial charge in [-0.3, -0.25) is 4.79 Å². The molecule has 0 atom stereocenters. The Balaban J connectivity index is 4.11. The van der Waals surface area contributed by atoms with E-state index in [1.54, 1.807) is 6.92 Å². The summed E-state index contributed by atoms with van der Waals surface area (Å²) >= 11 is 0. The number of hydrogen-bond donors (Lipinski definition) is 3. The highest BCUT2D eigenvalue weighted by Gasteiger charge is 2.28. The third kappa shape index (κ3) is 5.11. The summed E-state index contributed by atoms with van der Waals surface area (Å²) in [6, 6.07) is 0. The summed E-state index contributed by atoms with van der Waals surface area (Å²) in [5.41, 5.74) is -0.933. The Morgan fingerprint density at radius 1 is 1.40 bits per heavy atom. The summed E-state index contributed by atoms with van der Waals surface area (Å²) in [4.78, 5) is 11.4. The fourth-order valence-electron chi connectivity index (χ4n) is 1.02. The van der Waals surface area contributed by atoms with Crippen LogP contribution in [0, 0.1) is 0 Å². The number of hydrogen-bond acceptors (Lipinski definition) is 4. The average molecular weight is 219 g/mol. The third-order valence-corrected chi connectivity index (χ3v) is 2.23. The number of nitrogens with one attached hydrogen (secondary N) is 1. The Morgan fingerprint density at radius 2 is 1.93 bits per heavy atom. The predicted octanol–water partition coefficient (Wildman–Crippen LogP) is -0.339. The van der Waals surface area contributed by atoms with Crippen LogP contribution in [-0.2, 0) is 9.53 Å². The highest BCUT2D eigenvalue weighted by molar-refractivity contribution is 5.78. The zero-order valence-corrected chi connectivity index (χ0v) is 9.62. The van der Waals surface area contributed by atoms with Gasteiger partial charge in [0.25, 0.3) is 0 Å². The van der Waals surface area contributed by atoms with E-state index in [9.17, 15) is 4.79 Å². The fourth-order valence-corrected chi connectivity index (χ4v) is 1.02. The maximum absolute atomic E-state index is 11.4. The lowest BCUT2D eigenvalue weighted by Gasteiger charge is -2.29. The maximum Gasteiger partial charge on any atom is 0.246 e. The first-order valence-corrected chi connectivity index (χ1v) is 5.14. The van der Waals surface area contributed by atoms with E-state index in [1.165, 1.54) is 0 Å². The highest BCUT2D eigenvalue weighted by atomic mass is 16.5. The highest BCUT2D eigenvalue weighted by Crippen LogP contribution is 2.07. The van der Waals surface area contributed by atoms with Gasteiger partial charge in [0.05, 0.1) is 24.9 Å². The molecule has 0 saturated heterocycles. The molecule has 90 valence electrons. The van der Waals surface area contributed by atoms with Crippen LogP contribution < -0.4 is 5.32 Å². The molecule has 0 saturated carbocycles. The molecule has 5 nitrogen and oxygen atoms in total. The number of aliphatic hydroxyl groups is 2. The van der Waals surface area contributed by atoms with Gasteiger partial charge in [-0.1, -0.05) is 6.92 Å². The van der Waals surface area contributed by atoms with Crippen LogP contribution in [-0.4, -0.2) is 47.6 Å². The SMILES string of the molecule is CCC(CO)(CO)NC(=O)COC(C)C. The van der Waals surface area contributed by atoms with Gasteiger partial charge in [-0.05, 0) is 20.3 Å². The molecule has 0 aromatic carbocycles. The third-order valence-electron chi connectivity index (χ3n) is 2.23. The normalized spacial score (nSPS) is 11.9. The second kappa shape index (κ2) is 6.76. The van der Waals surface area contributed by atoms with Gasteiger partial charge >= 0.3 is 0 Å². The molecule has 3 N–H and O–H groups in total. The van der Waals surface area contributed by atoms with E-state index in [4.69, 9.17) is 14.9 Å². The number of aliphatic hydroxyl groups excluding tert-OH is 2. The van der Waals surface area contributed by atoms with Crippen molar-refractivity contribution in [3.63, 3.8) is 0 Å². The van der Waals surface area contributed by atoms with Crippen molar-refractivity contribution in [2.75, 3.05) is 19.8 Å². The van der Waals surface area contributed by atoms with Gasteiger partial charge in [0.2, 0.25) is 5.91 Å². The van der Waals surface area contributed by atoms with E-state index >= 15 is 0 Å². The van der Waals surface area contributed by atoms with Crippen LogP contribution in [0.5, 0.6) is 0 Å². The van der Waals surface area contributed by atoms with Crippen molar-refractivity contribution < 1.29 is 19.7 Å². The van der Waals surface area contributed by atoms with Gasteiger partial charge in [0.1, 0.15) is 6.61 Å². The Kier molecular flexibility index (Phi) is 6.47. The van der Waals surface area contributed by atoms with E-state index in [0.29, 0.717) is 6.42 Å². The van der Waals surface area contributed by atoms with Crippen molar-refractivity contribution in [2.24, 2.45) is 0 Å². The summed E-state index contributed by atoms with van der Waals surface area (Å²) < 4.78 is 5.11. The second-order valence-corrected chi connectivity index (χ2v) is 3.86. The Labute approximate surface area is 90.4 Å². The van der Waals surface area contributed by atoms with Crippen molar-refractivity contribution in [2.45, 2.75) is 38.8 Å². The average Bonchev–Trinajstić information content (AvgIpc) is 2.23. The van der Waals surface area contributed by atoms with Crippen LogP contribution in [0.4, 0.5) is 0 Å². The molecule has 5 heteroatoms. The maximum atomic E-state index is 11.4. The minimum atomic E-state index is -0.933. The van der Waals surface area contributed by atoms with E-state index in [1.807, 2.05) is 13.8 Å². The number of ether oxygens (including phenoxy) is 1. The number of carbonyl (C=O) groups excluding carboxylic acids is 1. The second-order valence-electron chi connectivity index (χ2n) is 3.86. The molecule has 0 fully saturated rings. The molecule has 0 bridgehead atoms. The lowest BCUT2D eigenvalue weighted by Crippen LogP contribution is -2.54. The lowest BCUT2D eigenvalue weighted by molar-refractivity contribution is -0.130. The van der Waals surface area contributed by atoms with Crippen LogP contribution in [0.3, 0.4) is 0 Å².